The molecule has 0 aliphatic heterocycles. The molecule has 2 heterocycles. The second-order valence-corrected chi connectivity index (χ2v) is 6.41. The van der Waals surface area contributed by atoms with Gasteiger partial charge in [-0.25, -0.2) is 0 Å². The minimum Gasteiger partial charge on any atom is -0.464 e. The van der Waals surface area contributed by atoms with E-state index in [2.05, 4.69) is 10.1 Å². The van der Waals surface area contributed by atoms with Crippen molar-refractivity contribution in [2.75, 3.05) is 0 Å². The van der Waals surface area contributed by atoms with Gasteiger partial charge < -0.3 is 13.7 Å². The van der Waals surface area contributed by atoms with Crippen LogP contribution in [-0.2, 0) is 22.6 Å². The van der Waals surface area contributed by atoms with Crippen LogP contribution < -0.4 is 0 Å². The highest BCUT2D eigenvalue weighted by atomic mass is 16.6. The Bertz CT molecular complexity index is 1100. The lowest BCUT2D eigenvalue weighted by molar-refractivity contribution is -0.144. The van der Waals surface area contributed by atoms with E-state index in [9.17, 15) is 4.79 Å². The topological polar surface area (TPSA) is 78.4 Å². The molecule has 2 aromatic heterocycles. The normalized spacial score (nSPS) is 11.0. The average molecular weight is 362 g/mol. The standard InChI is InChI=1S/C21H18N2O4/c1-13-8-17-16(11-25-18(17)9-14(13)2)10-20(24)26-12-19-22-21(23-27-19)15-6-4-3-5-7-15/h3-9,11H,10,12H2,1-2H3. The van der Waals surface area contributed by atoms with Gasteiger partial charge >= 0.3 is 5.97 Å². The lowest BCUT2D eigenvalue weighted by Crippen LogP contribution is -2.08. The molecule has 27 heavy (non-hydrogen) atoms. The number of rotatable bonds is 5. The number of esters is 1. The minimum absolute atomic E-state index is 0.0629. The van der Waals surface area contributed by atoms with Crippen LogP contribution in [0.1, 0.15) is 22.6 Å². The summed E-state index contributed by atoms with van der Waals surface area (Å²) >= 11 is 0. The predicted octanol–water partition coefficient (Wildman–Crippen LogP) is 4.39. The molecule has 4 rings (SSSR count). The number of aryl methyl sites for hydroxylation is 2. The molecular weight excluding hydrogens is 344 g/mol. The number of fused-ring (bicyclic) bond motifs is 1. The van der Waals surface area contributed by atoms with Crippen molar-refractivity contribution < 1.29 is 18.5 Å². The Kier molecular flexibility index (Phi) is 4.46. The van der Waals surface area contributed by atoms with Crippen LogP contribution in [0, 0.1) is 13.8 Å². The van der Waals surface area contributed by atoms with E-state index >= 15 is 0 Å². The summed E-state index contributed by atoms with van der Waals surface area (Å²) in [5, 5.41) is 4.84. The van der Waals surface area contributed by atoms with E-state index in [1.54, 1.807) is 6.26 Å². The van der Waals surface area contributed by atoms with E-state index < -0.39 is 0 Å². The van der Waals surface area contributed by atoms with Crippen molar-refractivity contribution in [3.8, 4) is 11.4 Å². The first-order valence-corrected chi connectivity index (χ1v) is 8.61. The summed E-state index contributed by atoms with van der Waals surface area (Å²) in [6.07, 6.45) is 1.72. The number of ether oxygens (including phenoxy) is 1. The SMILES string of the molecule is Cc1cc2occ(CC(=O)OCc3nc(-c4ccccc4)no3)c2cc1C. The predicted molar refractivity (Wildman–Crippen MR) is 98.9 cm³/mol. The third-order valence-electron chi connectivity index (χ3n) is 4.46. The Morgan fingerprint density at radius 2 is 1.89 bits per heavy atom. The number of carbonyl (C=O) groups excluding carboxylic acids is 1. The van der Waals surface area contributed by atoms with E-state index in [4.69, 9.17) is 13.7 Å². The van der Waals surface area contributed by atoms with E-state index in [-0.39, 0.29) is 24.9 Å². The molecule has 0 spiro atoms. The van der Waals surface area contributed by atoms with Gasteiger partial charge in [-0.05, 0) is 37.1 Å². The van der Waals surface area contributed by atoms with Gasteiger partial charge in [-0.3, -0.25) is 4.79 Å². The minimum atomic E-state index is -0.379. The van der Waals surface area contributed by atoms with Crippen LogP contribution >= 0.6 is 0 Å². The molecule has 0 saturated carbocycles. The zero-order valence-corrected chi connectivity index (χ0v) is 15.1. The van der Waals surface area contributed by atoms with Crippen LogP contribution in [0.2, 0.25) is 0 Å². The summed E-state index contributed by atoms with van der Waals surface area (Å²) < 4.78 is 16.0. The molecule has 0 bridgehead atoms. The quantitative estimate of drug-likeness (QED) is 0.490. The maximum absolute atomic E-state index is 12.2. The Morgan fingerprint density at radius 1 is 1.11 bits per heavy atom. The lowest BCUT2D eigenvalue weighted by atomic mass is 10.0. The second kappa shape index (κ2) is 7.07. The van der Waals surface area contributed by atoms with Crippen LogP contribution in [-0.4, -0.2) is 16.1 Å². The number of benzene rings is 2. The van der Waals surface area contributed by atoms with Crippen molar-refractivity contribution in [2.45, 2.75) is 26.9 Å². The van der Waals surface area contributed by atoms with Crippen molar-refractivity contribution in [3.05, 3.63) is 71.3 Å². The van der Waals surface area contributed by atoms with Crippen LogP contribution in [0.5, 0.6) is 0 Å². The van der Waals surface area contributed by atoms with Gasteiger partial charge in [-0.2, -0.15) is 4.98 Å². The molecule has 136 valence electrons. The highest BCUT2D eigenvalue weighted by Crippen LogP contribution is 2.25. The molecule has 0 aliphatic carbocycles. The van der Waals surface area contributed by atoms with Crippen molar-refractivity contribution in [3.63, 3.8) is 0 Å². The fraction of sp³-hybridized carbons (Fsp3) is 0.190. The molecule has 0 N–H and O–H groups in total. The fourth-order valence-electron chi connectivity index (χ4n) is 2.84. The number of aromatic nitrogens is 2. The Morgan fingerprint density at radius 3 is 2.70 bits per heavy atom. The highest BCUT2D eigenvalue weighted by molar-refractivity contribution is 5.86. The van der Waals surface area contributed by atoms with Crippen molar-refractivity contribution in [1.29, 1.82) is 0 Å². The molecule has 4 aromatic rings. The largest absolute Gasteiger partial charge is 0.464 e. The van der Waals surface area contributed by atoms with E-state index in [0.29, 0.717) is 5.82 Å². The Hall–Kier alpha value is -3.41. The molecule has 0 unspecified atom stereocenters. The first-order chi connectivity index (χ1) is 13.1. The second-order valence-electron chi connectivity index (χ2n) is 6.41. The molecular formula is C21H18N2O4. The molecule has 2 aromatic carbocycles. The summed E-state index contributed by atoms with van der Waals surface area (Å²) in [4.78, 5) is 16.4. The van der Waals surface area contributed by atoms with Crippen LogP contribution in [0.25, 0.3) is 22.4 Å². The van der Waals surface area contributed by atoms with E-state index in [1.807, 2.05) is 56.3 Å². The fourth-order valence-corrected chi connectivity index (χ4v) is 2.84. The summed E-state index contributed by atoms with van der Waals surface area (Å²) in [5.41, 5.74) is 4.71. The lowest BCUT2D eigenvalue weighted by Gasteiger charge is -2.02. The number of nitrogens with zero attached hydrogens (tertiary/aromatic N) is 2. The molecule has 0 aliphatic rings. The molecule has 0 amide bonds. The van der Waals surface area contributed by atoms with Crippen LogP contribution in [0.15, 0.2) is 57.7 Å². The zero-order valence-electron chi connectivity index (χ0n) is 15.1. The summed E-state index contributed by atoms with van der Waals surface area (Å²) in [6, 6.07) is 13.5. The smallest absolute Gasteiger partial charge is 0.310 e. The van der Waals surface area contributed by atoms with Gasteiger partial charge in [0.2, 0.25) is 5.82 Å². The molecule has 0 radical (unpaired) electrons. The van der Waals surface area contributed by atoms with Gasteiger partial charge in [0.15, 0.2) is 6.61 Å². The molecule has 6 nitrogen and oxygen atoms in total. The number of furan rings is 1. The van der Waals surface area contributed by atoms with Crippen LogP contribution in [0.4, 0.5) is 0 Å². The maximum atomic E-state index is 12.2. The van der Waals surface area contributed by atoms with Gasteiger partial charge in [0.1, 0.15) is 5.58 Å². The first kappa shape index (κ1) is 17.0. The number of carbonyl (C=O) groups is 1. The molecule has 0 atom stereocenters. The Labute approximate surface area is 155 Å². The average Bonchev–Trinajstić information content (AvgIpc) is 3.29. The maximum Gasteiger partial charge on any atom is 0.310 e. The van der Waals surface area contributed by atoms with Gasteiger partial charge in [-0.1, -0.05) is 35.5 Å². The summed E-state index contributed by atoms with van der Waals surface area (Å²) in [6.45, 7) is 4.00. The van der Waals surface area contributed by atoms with Gasteiger partial charge in [0.25, 0.3) is 5.89 Å². The Balaban J connectivity index is 1.41. The molecule has 0 fully saturated rings. The molecule has 6 heteroatoms. The first-order valence-electron chi connectivity index (χ1n) is 8.61. The number of hydrogen-bond acceptors (Lipinski definition) is 6. The summed E-state index contributed by atoms with van der Waals surface area (Å²) in [5.74, 6) is 0.342. The van der Waals surface area contributed by atoms with Gasteiger partial charge in [0.05, 0.1) is 12.7 Å². The third-order valence-corrected chi connectivity index (χ3v) is 4.46. The van der Waals surface area contributed by atoms with Crippen LogP contribution in [0.3, 0.4) is 0 Å². The third kappa shape index (κ3) is 3.60. The van der Waals surface area contributed by atoms with Crippen molar-refractivity contribution in [1.82, 2.24) is 10.1 Å². The highest BCUT2D eigenvalue weighted by Gasteiger charge is 2.15. The zero-order chi connectivity index (χ0) is 18.8. The van der Waals surface area contributed by atoms with Gasteiger partial charge in [-0.15, -0.1) is 0 Å². The molecule has 0 saturated heterocycles. The number of hydrogen-bond donors (Lipinski definition) is 0. The van der Waals surface area contributed by atoms with Crippen molar-refractivity contribution in [2.24, 2.45) is 0 Å². The van der Waals surface area contributed by atoms with E-state index in [0.717, 1.165) is 33.2 Å². The van der Waals surface area contributed by atoms with E-state index in [1.165, 1.54) is 0 Å². The van der Waals surface area contributed by atoms with Gasteiger partial charge in [0, 0.05) is 16.5 Å². The summed E-state index contributed by atoms with van der Waals surface area (Å²) in [7, 11) is 0. The van der Waals surface area contributed by atoms with Crippen molar-refractivity contribution >= 4 is 16.9 Å². The monoisotopic (exact) mass is 362 g/mol.